The summed E-state index contributed by atoms with van der Waals surface area (Å²) >= 11 is 0. The summed E-state index contributed by atoms with van der Waals surface area (Å²) < 4.78 is 0. The Morgan fingerprint density at radius 2 is 1.47 bits per heavy atom. The maximum absolute atomic E-state index is 14.7. The van der Waals surface area contributed by atoms with Gasteiger partial charge in [-0.2, -0.15) is 0 Å². The summed E-state index contributed by atoms with van der Waals surface area (Å²) in [5, 5.41) is 31.3. The van der Waals surface area contributed by atoms with E-state index in [0.717, 1.165) is 68.8 Å². The van der Waals surface area contributed by atoms with E-state index < -0.39 is 31.1 Å². The fraction of sp³-hybridized carbons (Fsp3) is 0.512. The van der Waals surface area contributed by atoms with Crippen LogP contribution < -0.4 is 16.0 Å². The first kappa shape index (κ1) is 38.5. The number of carbonyl (C=O) groups excluding carboxylic acids is 4. The van der Waals surface area contributed by atoms with E-state index in [1.54, 1.807) is 35.2 Å². The van der Waals surface area contributed by atoms with Gasteiger partial charge in [0.05, 0.1) is 5.94 Å². The van der Waals surface area contributed by atoms with Gasteiger partial charge in [-0.15, -0.1) is 0 Å². The molecule has 3 aromatic rings. The van der Waals surface area contributed by atoms with Crippen molar-refractivity contribution in [2.75, 3.05) is 26.2 Å². The molecule has 2 aliphatic heterocycles. The number of rotatable bonds is 14. The van der Waals surface area contributed by atoms with Crippen LogP contribution in [0.1, 0.15) is 97.8 Å². The maximum Gasteiger partial charge on any atom is 0.475 e. The molecule has 0 bridgehead atoms. The molecule has 0 aromatic heterocycles. The molecule has 0 spiro atoms. The maximum atomic E-state index is 14.7. The van der Waals surface area contributed by atoms with Crippen LogP contribution in [0.3, 0.4) is 0 Å². The van der Waals surface area contributed by atoms with Gasteiger partial charge in [0.1, 0.15) is 12.1 Å². The first-order valence-corrected chi connectivity index (χ1v) is 19.6. The van der Waals surface area contributed by atoms with Gasteiger partial charge in [-0.25, -0.2) is 0 Å². The summed E-state index contributed by atoms with van der Waals surface area (Å²) in [5.74, 6) is -1.96. The molecule has 1 saturated carbocycles. The summed E-state index contributed by atoms with van der Waals surface area (Å²) in [5.41, 5.74) is 1.01. The summed E-state index contributed by atoms with van der Waals surface area (Å²) in [6, 6.07) is 20.6. The van der Waals surface area contributed by atoms with Gasteiger partial charge in [-0.3, -0.25) is 24.1 Å². The Hall–Kier alpha value is -4.26. The van der Waals surface area contributed by atoms with Gasteiger partial charge in [0, 0.05) is 30.3 Å². The number of hydrogen-bond acceptors (Lipinski definition) is 7. The lowest BCUT2D eigenvalue weighted by Gasteiger charge is -2.33. The van der Waals surface area contributed by atoms with E-state index >= 15 is 0 Å². The molecule has 11 nitrogen and oxygen atoms in total. The molecule has 4 atom stereocenters. The van der Waals surface area contributed by atoms with E-state index in [2.05, 4.69) is 20.9 Å². The highest BCUT2D eigenvalue weighted by Crippen LogP contribution is 2.31. The molecule has 5 N–H and O–H groups in total. The monoisotopic (exact) mass is 723 g/mol. The Balaban J connectivity index is 1.17. The average Bonchev–Trinajstić information content (AvgIpc) is 3.65. The molecule has 4 amide bonds. The predicted molar refractivity (Wildman–Crippen MR) is 206 cm³/mol. The zero-order chi connectivity index (χ0) is 37.2. The van der Waals surface area contributed by atoms with Crippen molar-refractivity contribution in [3.05, 3.63) is 83.9 Å². The number of benzene rings is 3. The van der Waals surface area contributed by atoms with Crippen molar-refractivity contribution in [2.24, 2.45) is 5.92 Å². The van der Waals surface area contributed by atoms with E-state index in [0.29, 0.717) is 42.9 Å². The van der Waals surface area contributed by atoms with E-state index in [4.69, 9.17) is 0 Å². The highest BCUT2D eigenvalue weighted by molar-refractivity contribution is 6.43. The SMILES string of the molecule is O=C(NCCC[C@H](NC(=O)[C@@H]1C[C@@H](N2CCCCC2)CN1C(=O)[C@@H](CC1CCCCC1)NC(=O)c1ccc2ccccc2c1)B(O)O)c1ccccc1. The Kier molecular flexibility index (Phi) is 13.6. The standard InChI is InChI=1S/C41H54BN5O6/c48-38(31-16-6-2-7-17-31)43-22-12-19-37(42(52)53)45-40(50)36-27-34(46-23-10-3-11-24-46)28-47(36)41(51)35(25-29-13-4-1-5-14-29)44-39(49)33-21-20-30-15-8-9-18-32(30)26-33/h2,6-9,15-18,20-21,26,29,34-37,52-53H,1,3-5,10-14,19,22-25,27-28H2,(H,43,48)(H,44,49)(H,45,50)/t34-,35-,36+,37+/m1/s1. The highest BCUT2D eigenvalue weighted by Gasteiger charge is 2.45. The molecular formula is C41H54BN5O6. The van der Waals surface area contributed by atoms with Crippen LogP contribution in [0.4, 0.5) is 0 Å². The van der Waals surface area contributed by atoms with Crippen LogP contribution in [0.2, 0.25) is 0 Å². The van der Waals surface area contributed by atoms with Gasteiger partial charge >= 0.3 is 7.12 Å². The average molecular weight is 724 g/mol. The van der Waals surface area contributed by atoms with Crippen LogP contribution >= 0.6 is 0 Å². The molecule has 1 aliphatic carbocycles. The Morgan fingerprint density at radius 1 is 0.774 bits per heavy atom. The number of nitrogens with zero attached hydrogens (tertiary/aromatic N) is 2. The van der Waals surface area contributed by atoms with E-state index in [1.165, 1.54) is 6.42 Å². The molecule has 0 radical (unpaired) electrons. The Morgan fingerprint density at radius 3 is 2.21 bits per heavy atom. The van der Waals surface area contributed by atoms with Crippen molar-refractivity contribution >= 4 is 41.5 Å². The first-order valence-electron chi connectivity index (χ1n) is 19.6. The zero-order valence-corrected chi connectivity index (χ0v) is 30.6. The van der Waals surface area contributed by atoms with Crippen LogP contribution in [-0.4, -0.2) is 101 Å². The van der Waals surface area contributed by atoms with Crippen molar-refractivity contribution in [3.8, 4) is 0 Å². The van der Waals surface area contributed by atoms with Crippen molar-refractivity contribution in [1.29, 1.82) is 0 Å². The number of carbonyl (C=O) groups is 4. The van der Waals surface area contributed by atoms with Crippen LogP contribution in [0, 0.1) is 5.92 Å². The smallest absolute Gasteiger partial charge is 0.426 e. The second kappa shape index (κ2) is 18.7. The highest BCUT2D eigenvalue weighted by atomic mass is 16.4. The fourth-order valence-electron chi connectivity index (χ4n) is 8.39. The van der Waals surface area contributed by atoms with Crippen molar-refractivity contribution in [1.82, 2.24) is 25.8 Å². The number of amides is 4. The second-order valence-corrected chi connectivity index (χ2v) is 15.1. The van der Waals surface area contributed by atoms with Crippen LogP contribution in [0.25, 0.3) is 10.8 Å². The van der Waals surface area contributed by atoms with Gasteiger partial charge in [-0.1, -0.05) is 87.1 Å². The zero-order valence-electron chi connectivity index (χ0n) is 30.6. The minimum atomic E-state index is -1.83. The quantitative estimate of drug-likeness (QED) is 0.124. The molecule has 2 heterocycles. The van der Waals surface area contributed by atoms with Gasteiger partial charge in [-0.05, 0) is 92.6 Å². The largest absolute Gasteiger partial charge is 0.475 e. The molecule has 12 heteroatoms. The van der Waals surface area contributed by atoms with Crippen LogP contribution in [0.5, 0.6) is 0 Å². The van der Waals surface area contributed by atoms with Crippen molar-refractivity contribution in [2.45, 2.75) is 101 Å². The Labute approximate surface area is 313 Å². The molecule has 3 fully saturated rings. The van der Waals surface area contributed by atoms with Crippen molar-refractivity contribution in [3.63, 3.8) is 0 Å². The van der Waals surface area contributed by atoms with Gasteiger partial charge in [0.2, 0.25) is 11.8 Å². The minimum absolute atomic E-state index is 0.0211. The van der Waals surface area contributed by atoms with E-state index in [-0.39, 0.29) is 36.7 Å². The van der Waals surface area contributed by atoms with E-state index in [9.17, 15) is 29.2 Å². The number of piperidine rings is 1. The van der Waals surface area contributed by atoms with E-state index in [1.807, 2.05) is 42.5 Å². The summed E-state index contributed by atoms with van der Waals surface area (Å²) in [6.45, 7) is 2.45. The lowest BCUT2D eigenvalue weighted by atomic mass is 9.76. The van der Waals surface area contributed by atoms with Crippen LogP contribution in [0.15, 0.2) is 72.8 Å². The number of hydrogen-bond donors (Lipinski definition) is 5. The van der Waals surface area contributed by atoms with Gasteiger partial charge in [0.25, 0.3) is 11.8 Å². The minimum Gasteiger partial charge on any atom is -0.426 e. The van der Waals surface area contributed by atoms with Crippen molar-refractivity contribution < 1.29 is 29.2 Å². The molecule has 282 valence electrons. The summed E-state index contributed by atoms with van der Waals surface area (Å²) in [4.78, 5) is 59.1. The third kappa shape index (κ3) is 10.2. The molecule has 3 aliphatic rings. The molecular weight excluding hydrogens is 669 g/mol. The lowest BCUT2D eigenvalue weighted by Crippen LogP contribution is -2.56. The third-order valence-corrected chi connectivity index (χ3v) is 11.4. The lowest BCUT2D eigenvalue weighted by molar-refractivity contribution is -0.140. The fourth-order valence-corrected chi connectivity index (χ4v) is 8.39. The van der Waals surface area contributed by atoms with Gasteiger partial charge in [0.15, 0.2) is 0 Å². The molecule has 53 heavy (non-hydrogen) atoms. The Bertz CT molecular complexity index is 1700. The first-order chi connectivity index (χ1) is 25.8. The summed E-state index contributed by atoms with van der Waals surface area (Å²) in [6.07, 6.45) is 10.2. The molecule has 6 rings (SSSR count). The predicted octanol–water partition coefficient (Wildman–Crippen LogP) is 4.07. The number of fused-ring (bicyclic) bond motifs is 1. The number of nitrogens with one attached hydrogen (secondary N) is 3. The second-order valence-electron chi connectivity index (χ2n) is 15.1. The van der Waals surface area contributed by atoms with Gasteiger partial charge < -0.3 is 30.9 Å². The third-order valence-electron chi connectivity index (χ3n) is 11.4. The molecule has 2 saturated heterocycles. The molecule has 0 unspecified atom stereocenters. The topological polar surface area (TPSA) is 151 Å². The number of likely N-dealkylation sites (tertiary alicyclic amines) is 2. The normalized spacial score (nSPS) is 20.8. The van der Waals surface area contributed by atoms with Crippen LogP contribution in [-0.2, 0) is 9.59 Å². The summed E-state index contributed by atoms with van der Waals surface area (Å²) in [7, 11) is -1.83. The molecule has 3 aromatic carbocycles.